The molecule has 0 saturated heterocycles. The number of hydrogen-bond acceptors (Lipinski definition) is 6. The molecule has 32 heavy (non-hydrogen) atoms. The van der Waals surface area contributed by atoms with Gasteiger partial charge in [0.1, 0.15) is 18.2 Å². The van der Waals surface area contributed by atoms with Crippen molar-refractivity contribution in [2.45, 2.75) is 6.61 Å². The van der Waals surface area contributed by atoms with Crippen molar-refractivity contribution >= 4 is 23.4 Å². The Kier molecular flexibility index (Phi) is 7.17. The van der Waals surface area contributed by atoms with Gasteiger partial charge in [0.05, 0.1) is 23.7 Å². The molecule has 1 N–H and O–H groups in total. The monoisotopic (exact) mass is 429 g/mol. The van der Waals surface area contributed by atoms with E-state index in [0.717, 1.165) is 11.6 Å². The summed E-state index contributed by atoms with van der Waals surface area (Å²) in [6, 6.07) is 22.3. The minimum atomic E-state index is -0.684. The average molecular weight is 429 g/mol. The van der Waals surface area contributed by atoms with Gasteiger partial charge in [0, 0.05) is 5.69 Å². The predicted octanol–water partition coefficient (Wildman–Crippen LogP) is 4.73. The number of nitro benzene ring substituents is 1. The molecule has 8 nitrogen and oxygen atoms in total. The number of nitriles is 1. The number of benzene rings is 3. The topological polar surface area (TPSA) is 114 Å². The Morgan fingerprint density at radius 2 is 1.75 bits per heavy atom. The van der Waals surface area contributed by atoms with E-state index >= 15 is 0 Å². The molecule has 3 rings (SSSR count). The predicted molar refractivity (Wildman–Crippen MR) is 119 cm³/mol. The highest BCUT2D eigenvalue weighted by Gasteiger charge is 2.21. The quantitative estimate of drug-likeness (QED) is 0.240. The molecule has 0 spiro atoms. The molecule has 0 atom stereocenters. The number of anilines is 1. The molecule has 3 aromatic rings. The third-order valence-electron chi connectivity index (χ3n) is 4.44. The Hall–Kier alpha value is -4.64. The van der Waals surface area contributed by atoms with Gasteiger partial charge in [-0.05, 0) is 29.8 Å². The van der Waals surface area contributed by atoms with Crippen molar-refractivity contribution in [3.63, 3.8) is 0 Å². The zero-order chi connectivity index (χ0) is 22.9. The van der Waals surface area contributed by atoms with Crippen LogP contribution < -0.4 is 14.8 Å². The summed E-state index contributed by atoms with van der Waals surface area (Å²) < 4.78 is 11.0. The molecule has 0 aromatic heterocycles. The van der Waals surface area contributed by atoms with E-state index in [4.69, 9.17) is 9.47 Å². The Bertz CT molecular complexity index is 1190. The molecule has 0 aliphatic heterocycles. The third-order valence-corrected chi connectivity index (χ3v) is 4.44. The number of carbonyl (C=O) groups is 1. The number of para-hydroxylation sites is 1. The van der Waals surface area contributed by atoms with E-state index in [0.29, 0.717) is 5.69 Å². The van der Waals surface area contributed by atoms with Crippen molar-refractivity contribution in [2.75, 3.05) is 12.4 Å². The van der Waals surface area contributed by atoms with Gasteiger partial charge in [-0.2, -0.15) is 5.26 Å². The minimum Gasteiger partial charge on any atom is -0.493 e. The average Bonchev–Trinajstić information content (AvgIpc) is 2.82. The lowest BCUT2D eigenvalue weighted by molar-refractivity contribution is -0.385. The van der Waals surface area contributed by atoms with Crippen LogP contribution in [0.15, 0.2) is 78.4 Å². The van der Waals surface area contributed by atoms with Crippen LogP contribution in [0.5, 0.6) is 11.5 Å². The summed E-state index contributed by atoms with van der Waals surface area (Å²) in [7, 11) is 1.40. The summed E-state index contributed by atoms with van der Waals surface area (Å²) in [6.45, 7) is 0.187. The van der Waals surface area contributed by atoms with E-state index in [-0.39, 0.29) is 34.9 Å². The van der Waals surface area contributed by atoms with Gasteiger partial charge in [0.15, 0.2) is 11.5 Å². The molecule has 0 fully saturated rings. The minimum absolute atomic E-state index is 0.0404. The first-order chi connectivity index (χ1) is 15.5. The molecule has 3 aromatic carbocycles. The first-order valence-corrected chi connectivity index (χ1v) is 9.53. The number of hydrogen-bond donors (Lipinski definition) is 1. The van der Waals surface area contributed by atoms with Crippen molar-refractivity contribution in [3.8, 4) is 17.6 Å². The van der Waals surface area contributed by atoms with Gasteiger partial charge >= 0.3 is 0 Å². The highest BCUT2D eigenvalue weighted by Crippen LogP contribution is 2.36. The second-order valence-electron chi connectivity index (χ2n) is 6.58. The fourth-order valence-electron chi connectivity index (χ4n) is 2.87. The number of nitrogens with zero attached hydrogens (tertiary/aromatic N) is 2. The number of methoxy groups -OCH3 is 1. The molecule has 160 valence electrons. The van der Waals surface area contributed by atoms with Crippen molar-refractivity contribution < 1.29 is 19.2 Å². The molecule has 0 heterocycles. The highest BCUT2D eigenvalue weighted by atomic mass is 16.6. The smallest absolute Gasteiger partial charge is 0.280 e. The Morgan fingerprint density at radius 3 is 2.34 bits per heavy atom. The summed E-state index contributed by atoms with van der Waals surface area (Å²) in [5, 5.41) is 23.7. The van der Waals surface area contributed by atoms with Gasteiger partial charge in [0.2, 0.25) is 0 Å². The standard InChI is InChI=1S/C24H19N3O5/c1-31-22-13-18(12-19(15-25)24(28)26-20-10-6-3-7-11-20)21(27(29)30)14-23(22)32-16-17-8-4-2-5-9-17/h2-14H,16H2,1H3,(H,26,28)/b19-12-. The molecule has 0 aliphatic rings. The summed E-state index contributed by atoms with van der Waals surface area (Å²) in [6.07, 6.45) is 1.15. The molecule has 0 unspecified atom stereocenters. The molecule has 0 aliphatic carbocycles. The molecule has 0 bridgehead atoms. The van der Waals surface area contributed by atoms with E-state index in [1.165, 1.54) is 19.2 Å². The first-order valence-electron chi connectivity index (χ1n) is 9.53. The van der Waals surface area contributed by atoms with E-state index in [1.54, 1.807) is 36.4 Å². The number of amides is 1. The number of nitrogens with one attached hydrogen (secondary N) is 1. The molecule has 1 amide bonds. The number of nitro groups is 1. The van der Waals surface area contributed by atoms with Crippen molar-refractivity contribution in [1.82, 2.24) is 0 Å². The summed E-state index contributed by atoms with van der Waals surface area (Å²) in [5.41, 5.74) is 0.797. The van der Waals surface area contributed by atoms with E-state index in [9.17, 15) is 20.2 Å². The van der Waals surface area contributed by atoms with Crippen LogP contribution in [0.3, 0.4) is 0 Å². The van der Waals surface area contributed by atoms with Crippen LogP contribution in [-0.2, 0) is 11.4 Å². The first kappa shape index (κ1) is 22.1. The highest BCUT2D eigenvalue weighted by molar-refractivity contribution is 6.10. The van der Waals surface area contributed by atoms with Gasteiger partial charge in [-0.15, -0.1) is 0 Å². The number of ether oxygens (including phenoxy) is 2. The zero-order valence-electron chi connectivity index (χ0n) is 17.1. The molecule has 8 heteroatoms. The van der Waals surface area contributed by atoms with Gasteiger partial charge < -0.3 is 14.8 Å². The Morgan fingerprint density at radius 1 is 1.09 bits per heavy atom. The van der Waals surface area contributed by atoms with Gasteiger partial charge in [0.25, 0.3) is 11.6 Å². The largest absolute Gasteiger partial charge is 0.493 e. The maximum absolute atomic E-state index is 12.5. The number of rotatable bonds is 8. The maximum atomic E-state index is 12.5. The molecule has 0 saturated carbocycles. The molecule has 0 radical (unpaired) electrons. The molecular formula is C24H19N3O5. The van der Waals surface area contributed by atoms with Crippen LogP contribution in [0.4, 0.5) is 11.4 Å². The summed E-state index contributed by atoms with van der Waals surface area (Å²) in [4.78, 5) is 23.6. The SMILES string of the molecule is COc1cc(/C=C(/C#N)C(=O)Nc2ccccc2)c([N+](=O)[O-])cc1OCc1ccccc1. The van der Waals surface area contributed by atoms with Gasteiger partial charge in [-0.3, -0.25) is 14.9 Å². The van der Waals surface area contributed by atoms with E-state index < -0.39 is 10.8 Å². The lowest BCUT2D eigenvalue weighted by atomic mass is 10.1. The van der Waals surface area contributed by atoms with Crippen molar-refractivity contribution in [1.29, 1.82) is 5.26 Å². The number of carbonyl (C=O) groups excluding carboxylic acids is 1. The summed E-state index contributed by atoms with van der Waals surface area (Å²) in [5.74, 6) is -0.276. The maximum Gasteiger partial charge on any atom is 0.280 e. The van der Waals surface area contributed by atoms with Crippen LogP contribution in [0.25, 0.3) is 6.08 Å². The van der Waals surface area contributed by atoms with Crippen LogP contribution in [0, 0.1) is 21.4 Å². The lowest BCUT2D eigenvalue weighted by Gasteiger charge is -2.12. The van der Waals surface area contributed by atoms with E-state index in [1.807, 2.05) is 30.3 Å². The van der Waals surface area contributed by atoms with Crippen LogP contribution in [0.2, 0.25) is 0 Å². The fourth-order valence-corrected chi connectivity index (χ4v) is 2.87. The second kappa shape index (κ2) is 10.4. The zero-order valence-corrected chi connectivity index (χ0v) is 17.1. The van der Waals surface area contributed by atoms with Crippen molar-refractivity contribution in [2.24, 2.45) is 0 Å². The van der Waals surface area contributed by atoms with E-state index in [2.05, 4.69) is 5.32 Å². The Labute approximate surface area is 184 Å². The summed E-state index contributed by atoms with van der Waals surface area (Å²) >= 11 is 0. The normalized spacial score (nSPS) is 10.7. The second-order valence-corrected chi connectivity index (χ2v) is 6.58. The fraction of sp³-hybridized carbons (Fsp3) is 0.0833. The molecular weight excluding hydrogens is 410 g/mol. The van der Waals surface area contributed by atoms with Crippen molar-refractivity contribution in [3.05, 3.63) is 99.6 Å². The van der Waals surface area contributed by atoms with Crippen LogP contribution in [0.1, 0.15) is 11.1 Å². The van der Waals surface area contributed by atoms with Crippen LogP contribution >= 0.6 is 0 Å². The van der Waals surface area contributed by atoms with Crippen LogP contribution in [-0.4, -0.2) is 17.9 Å². The van der Waals surface area contributed by atoms with Gasteiger partial charge in [-0.1, -0.05) is 48.5 Å². The van der Waals surface area contributed by atoms with Gasteiger partial charge in [-0.25, -0.2) is 0 Å². The third kappa shape index (κ3) is 5.49. The Balaban J connectivity index is 1.93. The lowest BCUT2D eigenvalue weighted by Crippen LogP contribution is -2.13.